The lowest BCUT2D eigenvalue weighted by Crippen LogP contribution is -2.17. The SMILES string of the molecule is Cc1ccc(O)c(CN(C)Cc2nc(-c3ccccc3)no2)c1. The van der Waals surface area contributed by atoms with Crippen LogP contribution in [0.15, 0.2) is 53.1 Å². The Labute approximate surface area is 135 Å². The number of hydrogen-bond donors (Lipinski definition) is 1. The first-order valence-electron chi connectivity index (χ1n) is 7.47. The Morgan fingerprint density at radius 2 is 1.87 bits per heavy atom. The zero-order chi connectivity index (χ0) is 16.2. The van der Waals surface area contributed by atoms with Crippen molar-refractivity contribution < 1.29 is 9.63 Å². The number of phenolic OH excluding ortho intramolecular Hbond substituents is 1. The van der Waals surface area contributed by atoms with Crippen LogP contribution in [0.4, 0.5) is 0 Å². The van der Waals surface area contributed by atoms with Crippen molar-refractivity contribution >= 4 is 0 Å². The van der Waals surface area contributed by atoms with Gasteiger partial charge in [0.2, 0.25) is 11.7 Å². The van der Waals surface area contributed by atoms with E-state index in [9.17, 15) is 5.11 Å². The van der Waals surface area contributed by atoms with Crippen molar-refractivity contribution in [2.45, 2.75) is 20.0 Å². The van der Waals surface area contributed by atoms with Crippen LogP contribution in [0.25, 0.3) is 11.4 Å². The van der Waals surface area contributed by atoms with Gasteiger partial charge >= 0.3 is 0 Å². The molecule has 5 nitrogen and oxygen atoms in total. The van der Waals surface area contributed by atoms with E-state index in [0.29, 0.717) is 30.6 Å². The van der Waals surface area contributed by atoms with Crippen molar-refractivity contribution in [1.29, 1.82) is 0 Å². The van der Waals surface area contributed by atoms with Crippen LogP contribution in [0.2, 0.25) is 0 Å². The van der Waals surface area contributed by atoms with Gasteiger partial charge < -0.3 is 9.63 Å². The number of hydrogen-bond acceptors (Lipinski definition) is 5. The first-order chi connectivity index (χ1) is 11.1. The molecule has 0 unspecified atom stereocenters. The van der Waals surface area contributed by atoms with E-state index in [-0.39, 0.29) is 0 Å². The molecule has 5 heteroatoms. The third-order valence-corrected chi connectivity index (χ3v) is 3.58. The Balaban J connectivity index is 1.68. The summed E-state index contributed by atoms with van der Waals surface area (Å²) in [4.78, 5) is 6.44. The summed E-state index contributed by atoms with van der Waals surface area (Å²) in [5.74, 6) is 1.45. The Hall–Kier alpha value is -2.66. The molecule has 3 aromatic rings. The monoisotopic (exact) mass is 309 g/mol. The zero-order valence-corrected chi connectivity index (χ0v) is 13.2. The van der Waals surface area contributed by atoms with Crippen molar-refractivity contribution in [1.82, 2.24) is 15.0 Å². The molecule has 1 heterocycles. The van der Waals surface area contributed by atoms with Crippen molar-refractivity contribution in [3.05, 3.63) is 65.5 Å². The second kappa shape index (κ2) is 6.62. The van der Waals surface area contributed by atoms with Crippen molar-refractivity contribution in [2.24, 2.45) is 0 Å². The normalized spacial score (nSPS) is 11.1. The molecule has 0 spiro atoms. The second-order valence-corrected chi connectivity index (χ2v) is 5.68. The summed E-state index contributed by atoms with van der Waals surface area (Å²) in [6.07, 6.45) is 0. The topological polar surface area (TPSA) is 62.4 Å². The molecule has 3 rings (SSSR count). The summed E-state index contributed by atoms with van der Waals surface area (Å²) >= 11 is 0. The van der Waals surface area contributed by atoms with Gasteiger partial charge in [-0.2, -0.15) is 4.98 Å². The fourth-order valence-corrected chi connectivity index (χ4v) is 2.44. The summed E-state index contributed by atoms with van der Waals surface area (Å²) in [6.45, 7) is 3.14. The minimum atomic E-state index is 0.304. The first kappa shape index (κ1) is 15.2. The van der Waals surface area contributed by atoms with Gasteiger partial charge in [0.15, 0.2) is 0 Å². The minimum absolute atomic E-state index is 0.304. The molecule has 0 amide bonds. The Morgan fingerprint density at radius 1 is 1.09 bits per heavy atom. The lowest BCUT2D eigenvalue weighted by molar-refractivity contribution is 0.258. The van der Waals surface area contributed by atoms with E-state index in [1.54, 1.807) is 6.07 Å². The number of rotatable bonds is 5. The summed E-state index contributed by atoms with van der Waals surface area (Å²) in [5.41, 5.74) is 2.94. The van der Waals surface area contributed by atoms with E-state index in [1.165, 1.54) is 0 Å². The van der Waals surface area contributed by atoms with Gasteiger partial charge in [0.25, 0.3) is 0 Å². The summed E-state index contributed by atoms with van der Waals surface area (Å²) in [6, 6.07) is 15.3. The van der Waals surface area contributed by atoms with Crippen molar-refractivity contribution in [3.8, 4) is 17.1 Å². The summed E-state index contributed by atoms with van der Waals surface area (Å²) in [7, 11) is 1.95. The number of aryl methyl sites for hydroxylation is 1. The highest BCUT2D eigenvalue weighted by Gasteiger charge is 2.12. The van der Waals surface area contributed by atoms with Crippen LogP contribution in [0.5, 0.6) is 5.75 Å². The second-order valence-electron chi connectivity index (χ2n) is 5.68. The molecule has 0 aliphatic carbocycles. The Kier molecular flexibility index (Phi) is 4.39. The van der Waals surface area contributed by atoms with Crippen LogP contribution < -0.4 is 0 Å². The minimum Gasteiger partial charge on any atom is -0.508 e. The van der Waals surface area contributed by atoms with E-state index in [1.807, 2.05) is 61.3 Å². The van der Waals surface area contributed by atoms with Crippen LogP contribution in [-0.2, 0) is 13.1 Å². The van der Waals surface area contributed by atoms with Gasteiger partial charge in [-0.1, -0.05) is 53.2 Å². The van der Waals surface area contributed by atoms with Crippen molar-refractivity contribution in [3.63, 3.8) is 0 Å². The van der Waals surface area contributed by atoms with Crippen LogP contribution in [0, 0.1) is 6.92 Å². The number of benzene rings is 2. The Bertz CT molecular complexity index is 784. The van der Waals surface area contributed by atoms with E-state index in [0.717, 1.165) is 16.7 Å². The maximum Gasteiger partial charge on any atom is 0.241 e. The van der Waals surface area contributed by atoms with Gasteiger partial charge in [-0.25, -0.2) is 0 Å². The van der Waals surface area contributed by atoms with Crippen LogP contribution in [0.3, 0.4) is 0 Å². The van der Waals surface area contributed by atoms with Crippen LogP contribution in [-0.4, -0.2) is 27.2 Å². The standard InChI is InChI=1S/C18H19N3O2/c1-13-8-9-16(22)15(10-13)11-21(2)12-17-19-18(20-23-17)14-6-4-3-5-7-14/h3-10,22H,11-12H2,1-2H3. The number of aromatic hydroxyl groups is 1. The van der Waals surface area contributed by atoms with Crippen LogP contribution >= 0.6 is 0 Å². The molecule has 1 aromatic heterocycles. The highest BCUT2D eigenvalue weighted by molar-refractivity contribution is 5.53. The molecule has 0 atom stereocenters. The van der Waals surface area contributed by atoms with Gasteiger partial charge in [-0.05, 0) is 20.0 Å². The van der Waals surface area contributed by atoms with Gasteiger partial charge in [0.1, 0.15) is 5.75 Å². The number of nitrogens with zero attached hydrogens (tertiary/aromatic N) is 3. The molecular weight excluding hydrogens is 290 g/mol. The van der Waals surface area contributed by atoms with Gasteiger partial charge in [0.05, 0.1) is 6.54 Å². The lowest BCUT2D eigenvalue weighted by atomic mass is 10.1. The Morgan fingerprint density at radius 3 is 2.65 bits per heavy atom. The number of phenols is 1. The molecule has 0 aliphatic rings. The highest BCUT2D eigenvalue weighted by atomic mass is 16.5. The highest BCUT2D eigenvalue weighted by Crippen LogP contribution is 2.21. The average molecular weight is 309 g/mol. The first-order valence-corrected chi connectivity index (χ1v) is 7.47. The molecule has 2 aromatic carbocycles. The molecule has 0 aliphatic heterocycles. The van der Waals surface area contributed by atoms with Gasteiger partial charge in [-0.3, -0.25) is 4.90 Å². The lowest BCUT2D eigenvalue weighted by Gasteiger charge is -2.15. The molecule has 0 fully saturated rings. The van der Waals surface area contributed by atoms with E-state index in [2.05, 4.69) is 10.1 Å². The predicted molar refractivity (Wildman–Crippen MR) is 87.7 cm³/mol. The van der Waals surface area contributed by atoms with E-state index in [4.69, 9.17) is 4.52 Å². The van der Waals surface area contributed by atoms with Gasteiger partial charge in [-0.15, -0.1) is 0 Å². The largest absolute Gasteiger partial charge is 0.508 e. The molecular formula is C18H19N3O2. The van der Waals surface area contributed by atoms with E-state index < -0.39 is 0 Å². The fraction of sp³-hybridized carbons (Fsp3) is 0.222. The van der Waals surface area contributed by atoms with E-state index >= 15 is 0 Å². The average Bonchev–Trinajstić information content (AvgIpc) is 3.00. The maximum absolute atomic E-state index is 9.92. The molecule has 23 heavy (non-hydrogen) atoms. The smallest absolute Gasteiger partial charge is 0.241 e. The molecule has 1 N–H and O–H groups in total. The molecule has 0 bridgehead atoms. The molecule has 118 valence electrons. The molecule has 0 radical (unpaired) electrons. The third kappa shape index (κ3) is 3.76. The summed E-state index contributed by atoms with van der Waals surface area (Å²) < 4.78 is 5.32. The molecule has 0 saturated heterocycles. The number of aromatic nitrogens is 2. The van der Waals surface area contributed by atoms with Crippen molar-refractivity contribution in [2.75, 3.05) is 7.05 Å². The fourth-order valence-electron chi connectivity index (χ4n) is 2.44. The predicted octanol–water partition coefficient (Wildman–Crippen LogP) is 3.38. The maximum atomic E-state index is 9.92. The molecule has 0 saturated carbocycles. The van der Waals surface area contributed by atoms with Crippen LogP contribution in [0.1, 0.15) is 17.0 Å². The summed E-state index contributed by atoms with van der Waals surface area (Å²) in [5, 5.41) is 13.9. The zero-order valence-electron chi connectivity index (χ0n) is 13.2. The quantitative estimate of drug-likeness (QED) is 0.783. The third-order valence-electron chi connectivity index (χ3n) is 3.58. The van der Waals surface area contributed by atoms with Gasteiger partial charge in [0, 0.05) is 17.7 Å².